The fourth-order valence-electron chi connectivity index (χ4n) is 4.63. The summed E-state index contributed by atoms with van der Waals surface area (Å²) in [6.07, 6.45) is 3.57. The molecule has 2 aliphatic rings. The van der Waals surface area contributed by atoms with Crippen molar-refractivity contribution in [3.05, 3.63) is 63.7 Å². The molecule has 0 spiro atoms. The number of nitrogens with zero attached hydrogens (tertiary/aromatic N) is 3. The van der Waals surface area contributed by atoms with E-state index in [1.54, 1.807) is 12.3 Å². The van der Waals surface area contributed by atoms with Gasteiger partial charge in [-0.3, -0.25) is 14.9 Å². The molecule has 6 rings (SSSR count). The van der Waals surface area contributed by atoms with Crippen molar-refractivity contribution >= 4 is 49.2 Å². The number of fused-ring (bicyclic) bond motifs is 2. The highest BCUT2D eigenvalue weighted by atomic mass is 32.1. The third-order valence-electron chi connectivity index (χ3n) is 6.58. The van der Waals surface area contributed by atoms with Crippen LogP contribution in [-0.2, 0) is 0 Å². The fraction of sp³-hybridized carbons (Fsp3) is 0.320. The maximum absolute atomic E-state index is 15.1. The molecule has 0 radical (unpaired) electrons. The lowest BCUT2D eigenvalue weighted by atomic mass is 10.1. The zero-order valence-electron chi connectivity index (χ0n) is 18.7. The summed E-state index contributed by atoms with van der Waals surface area (Å²) in [5, 5.41) is 6.73. The average molecular weight is 478 g/mol. The minimum absolute atomic E-state index is 0.00435. The van der Waals surface area contributed by atoms with Crippen LogP contribution < -0.4 is 21.0 Å². The van der Waals surface area contributed by atoms with Gasteiger partial charge in [0.2, 0.25) is 5.43 Å². The number of piperazine rings is 1. The van der Waals surface area contributed by atoms with E-state index in [9.17, 15) is 9.59 Å². The Morgan fingerprint density at radius 1 is 1.24 bits per heavy atom. The van der Waals surface area contributed by atoms with Gasteiger partial charge in [-0.2, -0.15) is 0 Å². The monoisotopic (exact) mass is 477 g/mol. The summed E-state index contributed by atoms with van der Waals surface area (Å²) in [4.78, 5) is 33.0. The molecule has 34 heavy (non-hydrogen) atoms. The molecule has 7 nitrogen and oxygen atoms in total. The fourth-order valence-corrected chi connectivity index (χ4v) is 5.57. The Hall–Kier alpha value is -3.30. The second kappa shape index (κ2) is 8.18. The molecule has 2 aromatic heterocycles. The quantitative estimate of drug-likeness (QED) is 0.464. The molecule has 4 aromatic rings. The van der Waals surface area contributed by atoms with Crippen LogP contribution in [0.15, 0.2) is 41.3 Å². The van der Waals surface area contributed by atoms with E-state index >= 15 is 4.39 Å². The van der Waals surface area contributed by atoms with E-state index < -0.39 is 17.2 Å². The lowest BCUT2D eigenvalue weighted by Crippen LogP contribution is -2.43. The maximum atomic E-state index is 15.1. The van der Waals surface area contributed by atoms with Gasteiger partial charge in [-0.25, -0.2) is 9.37 Å². The Bertz CT molecular complexity index is 1500. The number of benzene rings is 2. The highest BCUT2D eigenvalue weighted by Crippen LogP contribution is 2.38. The number of anilines is 2. The van der Waals surface area contributed by atoms with Gasteiger partial charge >= 0.3 is 0 Å². The smallest absolute Gasteiger partial charge is 0.262 e. The molecule has 0 atom stereocenters. The third kappa shape index (κ3) is 3.65. The third-order valence-corrected chi connectivity index (χ3v) is 7.52. The van der Waals surface area contributed by atoms with Crippen LogP contribution in [0.1, 0.15) is 34.8 Å². The van der Waals surface area contributed by atoms with Crippen molar-refractivity contribution in [3.8, 4) is 0 Å². The first-order valence-electron chi connectivity index (χ1n) is 11.5. The Balaban J connectivity index is 1.42. The van der Waals surface area contributed by atoms with E-state index in [0.29, 0.717) is 29.4 Å². The highest BCUT2D eigenvalue weighted by molar-refractivity contribution is 7.22. The number of aryl methyl sites for hydroxylation is 1. The average Bonchev–Trinajstić information content (AvgIpc) is 3.59. The Morgan fingerprint density at radius 3 is 2.76 bits per heavy atom. The second-order valence-corrected chi connectivity index (χ2v) is 9.99. The number of carbonyl (C=O) groups is 1. The number of nitrogens with one attached hydrogen (secondary N) is 2. The number of para-hydroxylation sites is 1. The van der Waals surface area contributed by atoms with Crippen LogP contribution in [0.2, 0.25) is 0 Å². The second-order valence-electron chi connectivity index (χ2n) is 8.96. The van der Waals surface area contributed by atoms with Gasteiger partial charge in [0.05, 0.1) is 21.4 Å². The van der Waals surface area contributed by atoms with E-state index in [0.717, 1.165) is 41.7 Å². The molecule has 9 heteroatoms. The summed E-state index contributed by atoms with van der Waals surface area (Å²) >= 11 is 1.36. The topological polar surface area (TPSA) is 79.3 Å². The summed E-state index contributed by atoms with van der Waals surface area (Å²) in [6, 6.07) is 9.14. The largest absolute Gasteiger partial charge is 0.367 e. The Kier molecular flexibility index (Phi) is 5.11. The van der Waals surface area contributed by atoms with Gasteiger partial charge < -0.3 is 14.8 Å². The van der Waals surface area contributed by atoms with E-state index in [1.807, 2.05) is 34.6 Å². The first-order chi connectivity index (χ1) is 16.5. The van der Waals surface area contributed by atoms with Crippen molar-refractivity contribution in [2.24, 2.45) is 0 Å². The first-order valence-corrected chi connectivity index (χ1v) is 12.3. The van der Waals surface area contributed by atoms with Gasteiger partial charge in [-0.05, 0) is 43.5 Å². The van der Waals surface area contributed by atoms with Crippen LogP contribution in [0.5, 0.6) is 0 Å². The molecule has 2 N–H and O–H groups in total. The summed E-state index contributed by atoms with van der Waals surface area (Å²) in [5.41, 5.74) is 2.57. The molecule has 2 fully saturated rings. The number of amides is 1. The summed E-state index contributed by atoms with van der Waals surface area (Å²) in [7, 11) is 0. The Morgan fingerprint density at radius 2 is 2.03 bits per heavy atom. The Labute approximate surface area is 199 Å². The van der Waals surface area contributed by atoms with Gasteiger partial charge in [-0.1, -0.05) is 23.5 Å². The molecule has 1 aliphatic carbocycles. The van der Waals surface area contributed by atoms with Crippen LogP contribution in [0.25, 0.3) is 21.1 Å². The zero-order chi connectivity index (χ0) is 23.4. The summed E-state index contributed by atoms with van der Waals surface area (Å²) in [5.74, 6) is -0.961. The molecule has 1 amide bonds. The van der Waals surface area contributed by atoms with Crippen molar-refractivity contribution in [2.45, 2.75) is 25.8 Å². The van der Waals surface area contributed by atoms with E-state index in [4.69, 9.17) is 0 Å². The van der Waals surface area contributed by atoms with E-state index in [1.165, 1.54) is 17.4 Å². The number of hydrogen-bond acceptors (Lipinski definition) is 6. The van der Waals surface area contributed by atoms with Crippen LogP contribution in [0.3, 0.4) is 0 Å². The number of hydrogen-bond donors (Lipinski definition) is 2. The van der Waals surface area contributed by atoms with Crippen molar-refractivity contribution in [1.29, 1.82) is 0 Å². The molecule has 174 valence electrons. The van der Waals surface area contributed by atoms with Crippen molar-refractivity contribution in [3.63, 3.8) is 0 Å². The number of rotatable bonds is 4. The normalized spacial score (nSPS) is 16.4. The first kappa shape index (κ1) is 21.2. The predicted molar refractivity (Wildman–Crippen MR) is 134 cm³/mol. The highest BCUT2D eigenvalue weighted by Gasteiger charge is 2.28. The molecule has 1 saturated heterocycles. The molecule has 0 bridgehead atoms. The van der Waals surface area contributed by atoms with Crippen molar-refractivity contribution < 1.29 is 9.18 Å². The number of halogens is 1. The van der Waals surface area contributed by atoms with Gasteiger partial charge in [0, 0.05) is 43.8 Å². The summed E-state index contributed by atoms with van der Waals surface area (Å²) < 4.78 is 18.1. The lowest BCUT2D eigenvalue weighted by Gasteiger charge is -2.30. The maximum Gasteiger partial charge on any atom is 0.262 e. The van der Waals surface area contributed by atoms with Gasteiger partial charge in [0.15, 0.2) is 5.13 Å². The van der Waals surface area contributed by atoms with Crippen LogP contribution >= 0.6 is 11.3 Å². The molecule has 1 saturated carbocycles. The number of pyridine rings is 1. The molecule has 1 aliphatic heterocycles. The van der Waals surface area contributed by atoms with E-state index in [2.05, 4.69) is 15.6 Å². The lowest BCUT2D eigenvalue weighted by molar-refractivity contribution is 0.102. The minimum Gasteiger partial charge on any atom is -0.367 e. The molecule has 0 unspecified atom stereocenters. The van der Waals surface area contributed by atoms with Gasteiger partial charge in [-0.15, -0.1) is 0 Å². The zero-order valence-corrected chi connectivity index (χ0v) is 19.5. The predicted octanol–water partition coefficient (Wildman–Crippen LogP) is 4.06. The van der Waals surface area contributed by atoms with Crippen LogP contribution in [-0.4, -0.2) is 41.6 Å². The van der Waals surface area contributed by atoms with Crippen molar-refractivity contribution in [2.75, 3.05) is 36.4 Å². The SMILES string of the molecule is Cc1cccc2sc(NC(=O)c3cn(C4CC4)c4cc(N5CCNCC5)c(F)cc4c3=O)nc12. The molecular weight excluding hydrogens is 453 g/mol. The van der Waals surface area contributed by atoms with Crippen LogP contribution in [0, 0.1) is 12.7 Å². The number of aromatic nitrogens is 2. The summed E-state index contributed by atoms with van der Waals surface area (Å²) in [6.45, 7) is 4.96. The standard InChI is InChI=1S/C25H24FN5O2S/c1-14-3-2-4-21-22(14)28-25(34-21)29-24(33)17-13-31(15-5-6-15)19-12-20(30-9-7-27-8-10-30)18(26)11-16(19)23(17)32/h2-4,11-13,15,27H,5-10H2,1H3,(H,28,29,33). The molecule has 2 aromatic carbocycles. The van der Waals surface area contributed by atoms with Gasteiger partial charge in [0.1, 0.15) is 11.4 Å². The van der Waals surface area contributed by atoms with E-state index in [-0.39, 0.29) is 17.0 Å². The number of thiazole rings is 1. The van der Waals surface area contributed by atoms with Gasteiger partial charge in [0.25, 0.3) is 5.91 Å². The van der Waals surface area contributed by atoms with Crippen molar-refractivity contribution in [1.82, 2.24) is 14.9 Å². The minimum atomic E-state index is -0.524. The molecule has 3 heterocycles. The number of carbonyl (C=O) groups excluding carboxylic acids is 1. The molecular formula is C25H24FN5O2S. The van der Waals surface area contributed by atoms with Crippen LogP contribution in [0.4, 0.5) is 15.2 Å².